The lowest BCUT2D eigenvalue weighted by atomic mass is 9.80. The Kier molecular flexibility index (Phi) is 10.1. The smallest absolute Gasteiger partial charge is 0.223 e. The summed E-state index contributed by atoms with van der Waals surface area (Å²) in [6.45, 7) is 10.9. The van der Waals surface area contributed by atoms with Crippen LogP contribution in [0.3, 0.4) is 0 Å². The first-order valence-electron chi connectivity index (χ1n) is 12.0. The largest absolute Gasteiger partial charge is 0.372 e. The molecular formula is C25H43N3O2. The summed E-state index contributed by atoms with van der Waals surface area (Å²) in [6.07, 6.45) is 16.7. The van der Waals surface area contributed by atoms with Crippen LogP contribution in [0.2, 0.25) is 0 Å². The summed E-state index contributed by atoms with van der Waals surface area (Å²) >= 11 is 0. The molecule has 2 atom stereocenters. The van der Waals surface area contributed by atoms with Crippen LogP contribution in [0.15, 0.2) is 23.8 Å². The minimum atomic E-state index is 0.250. The fourth-order valence-corrected chi connectivity index (χ4v) is 5.71. The second-order valence-corrected chi connectivity index (χ2v) is 9.38. The van der Waals surface area contributed by atoms with Crippen molar-refractivity contribution in [2.45, 2.75) is 97.2 Å². The van der Waals surface area contributed by atoms with Crippen molar-refractivity contribution in [2.24, 2.45) is 17.6 Å². The predicted molar refractivity (Wildman–Crippen MR) is 124 cm³/mol. The molecule has 3 fully saturated rings. The van der Waals surface area contributed by atoms with Gasteiger partial charge in [0, 0.05) is 37.6 Å². The summed E-state index contributed by atoms with van der Waals surface area (Å²) in [5.41, 5.74) is 5.71. The molecule has 2 unspecified atom stereocenters. The van der Waals surface area contributed by atoms with E-state index in [2.05, 4.69) is 61.5 Å². The summed E-state index contributed by atoms with van der Waals surface area (Å²) < 4.78 is 0. The third-order valence-corrected chi connectivity index (χ3v) is 7.04. The number of hydrogen-bond donors (Lipinski definition) is 1. The zero-order chi connectivity index (χ0) is 22.1. The molecule has 2 aliphatic heterocycles. The lowest BCUT2D eigenvalue weighted by Gasteiger charge is -2.38. The Morgan fingerprint density at radius 1 is 1.07 bits per heavy atom. The molecular weight excluding hydrogens is 374 g/mol. The Balaban J connectivity index is 0.00000101. The third-order valence-electron chi connectivity index (χ3n) is 7.04. The van der Waals surface area contributed by atoms with Crippen molar-refractivity contribution in [1.29, 1.82) is 0 Å². The van der Waals surface area contributed by atoms with Gasteiger partial charge in [0.15, 0.2) is 0 Å². The van der Waals surface area contributed by atoms with Crippen LogP contribution in [0, 0.1) is 11.8 Å². The summed E-state index contributed by atoms with van der Waals surface area (Å²) in [5.74, 6) is 1.61. The van der Waals surface area contributed by atoms with Gasteiger partial charge in [0.05, 0.1) is 0 Å². The molecule has 2 heterocycles. The van der Waals surface area contributed by atoms with Crippen LogP contribution in [-0.2, 0) is 9.59 Å². The van der Waals surface area contributed by atoms with E-state index >= 15 is 0 Å². The predicted octanol–water partition coefficient (Wildman–Crippen LogP) is 4.28. The molecule has 2 amide bonds. The van der Waals surface area contributed by atoms with Gasteiger partial charge < -0.3 is 10.6 Å². The molecule has 5 nitrogen and oxygen atoms in total. The summed E-state index contributed by atoms with van der Waals surface area (Å²) in [4.78, 5) is 26.2. The first-order chi connectivity index (χ1) is 14.5. The highest BCUT2D eigenvalue weighted by Crippen LogP contribution is 2.39. The summed E-state index contributed by atoms with van der Waals surface area (Å²) in [7, 11) is 0. The molecule has 0 aromatic rings. The number of carbonyl (C=O) groups is 2. The maximum absolute atomic E-state index is 12.6. The van der Waals surface area contributed by atoms with Gasteiger partial charge in [-0.25, -0.2) is 0 Å². The number of primary amides is 1. The van der Waals surface area contributed by atoms with Gasteiger partial charge in [-0.3, -0.25) is 14.5 Å². The quantitative estimate of drug-likeness (QED) is 0.518. The highest BCUT2D eigenvalue weighted by Gasteiger charge is 2.46. The van der Waals surface area contributed by atoms with Crippen molar-refractivity contribution in [2.75, 3.05) is 13.1 Å². The number of rotatable bonds is 6. The van der Waals surface area contributed by atoms with Gasteiger partial charge in [-0.05, 0) is 69.3 Å². The molecule has 2 saturated heterocycles. The second-order valence-electron chi connectivity index (χ2n) is 9.38. The van der Waals surface area contributed by atoms with E-state index in [1.807, 2.05) is 0 Å². The zero-order valence-electron chi connectivity index (χ0n) is 19.6. The average molecular weight is 418 g/mol. The van der Waals surface area contributed by atoms with Gasteiger partial charge in [0.2, 0.25) is 12.3 Å². The van der Waals surface area contributed by atoms with E-state index < -0.39 is 0 Å². The molecule has 2 N–H and O–H groups in total. The number of nitrogens with two attached hydrogens (primary N) is 1. The topological polar surface area (TPSA) is 66.6 Å². The molecule has 0 aromatic heterocycles. The van der Waals surface area contributed by atoms with Crippen LogP contribution >= 0.6 is 0 Å². The first kappa shape index (κ1) is 24.6. The van der Waals surface area contributed by atoms with Gasteiger partial charge in [-0.2, -0.15) is 0 Å². The Bertz CT molecular complexity index is 606. The van der Waals surface area contributed by atoms with Crippen molar-refractivity contribution in [3.63, 3.8) is 0 Å². The molecule has 0 bridgehead atoms. The standard InChI is InChI=1S/C24H40N2O.CH3NO/c1-5-7-8-19(6-2)20-9-11-21(12-10-20)25-15-13-23-22(25)14-16-26(23)24(27)17-18(3)4;2-1-3/h6-8,18,20-23H,5,9-17H2,1-4H3;1H,(H2,2,3)/b8-7-,19-6+;. The van der Waals surface area contributed by atoms with Gasteiger partial charge in [-0.15, -0.1) is 0 Å². The molecule has 5 heteroatoms. The molecule has 0 spiro atoms. The molecule has 3 rings (SSSR count). The summed E-state index contributed by atoms with van der Waals surface area (Å²) in [6, 6.07) is 1.86. The fraction of sp³-hybridized carbons (Fsp3) is 0.760. The van der Waals surface area contributed by atoms with E-state index in [4.69, 9.17) is 4.79 Å². The van der Waals surface area contributed by atoms with Crippen LogP contribution in [0.1, 0.15) is 79.1 Å². The second kappa shape index (κ2) is 12.3. The van der Waals surface area contributed by atoms with Crippen LogP contribution in [0.5, 0.6) is 0 Å². The van der Waals surface area contributed by atoms with E-state index in [9.17, 15) is 4.79 Å². The van der Waals surface area contributed by atoms with Crippen molar-refractivity contribution >= 4 is 12.3 Å². The van der Waals surface area contributed by atoms with Crippen LogP contribution in [0.25, 0.3) is 0 Å². The lowest BCUT2D eigenvalue weighted by Crippen LogP contribution is -2.44. The number of carbonyl (C=O) groups excluding carboxylic acids is 2. The van der Waals surface area contributed by atoms with E-state index in [1.54, 1.807) is 5.57 Å². The van der Waals surface area contributed by atoms with Crippen molar-refractivity contribution in [3.8, 4) is 0 Å². The number of amides is 2. The van der Waals surface area contributed by atoms with Gasteiger partial charge in [0.25, 0.3) is 0 Å². The van der Waals surface area contributed by atoms with Crippen molar-refractivity contribution in [3.05, 3.63) is 23.8 Å². The molecule has 1 aliphatic carbocycles. The van der Waals surface area contributed by atoms with E-state index in [-0.39, 0.29) is 6.41 Å². The number of fused-ring (bicyclic) bond motifs is 1. The molecule has 3 aliphatic rings. The van der Waals surface area contributed by atoms with Gasteiger partial charge in [-0.1, -0.05) is 39.0 Å². The minimum absolute atomic E-state index is 0.250. The molecule has 1 saturated carbocycles. The normalized spacial score (nSPS) is 29.8. The molecule has 0 aromatic carbocycles. The van der Waals surface area contributed by atoms with E-state index in [0.29, 0.717) is 30.3 Å². The fourth-order valence-electron chi connectivity index (χ4n) is 5.71. The molecule has 170 valence electrons. The van der Waals surface area contributed by atoms with Gasteiger partial charge in [0.1, 0.15) is 0 Å². The number of likely N-dealkylation sites (tertiary alicyclic amines) is 2. The highest BCUT2D eigenvalue weighted by molar-refractivity contribution is 5.77. The maximum atomic E-state index is 12.6. The summed E-state index contributed by atoms with van der Waals surface area (Å²) in [5, 5.41) is 0. The number of hydrogen-bond acceptors (Lipinski definition) is 3. The molecule has 30 heavy (non-hydrogen) atoms. The Hall–Kier alpha value is -1.62. The monoisotopic (exact) mass is 417 g/mol. The first-order valence-corrected chi connectivity index (χ1v) is 12.0. The zero-order valence-corrected chi connectivity index (χ0v) is 19.6. The van der Waals surface area contributed by atoms with Crippen LogP contribution in [-0.4, -0.2) is 53.3 Å². The Labute approximate surface area is 183 Å². The Morgan fingerprint density at radius 3 is 2.27 bits per heavy atom. The number of nitrogens with zero attached hydrogens (tertiary/aromatic N) is 2. The third kappa shape index (κ3) is 6.19. The lowest BCUT2D eigenvalue weighted by molar-refractivity contribution is -0.132. The van der Waals surface area contributed by atoms with Crippen molar-refractivity contribution < 1.29 is 9.59 Å². The number of allylic oxidation sites excluding steroid dienone is 4. The van der Waals surface area contributed by atoms with E-state index in [0.717, 1.165) is 24.9 Å². The Morgan fingerprint density at radius 2 is 1.70 bits per heavy atom. The van der Waals surface area contributed by atoms with Gasteiger partial charge >= 0.3 is 0 Å². The van der Waals surface area contributed by atoms with Crippen LogP contribution < -0.4 is 5.73 Å². The highest BCUT2D eigenvalue weighted by atomic mass is 16.2. The van der Waals surface area contributed by atoms with Crippen molar-refractivity contribution in [1.82, 2.24) is 9.80 Å². The van der Waals surface area contributed by atoms with E-state index in [1.165, 1.54) is 45.1 Å². The maximum Gasteiger partial charge on any atom is 0.223 e. The minimum Gasteiger partial charge on any atom is -0.372 e. The average Bonchev–Trinajstić information content (AvgIpc) is 3.31. The SMILES string of the molecule is C/C=C(\C=C/CC)C1CCC(N2CCC3C2CCN3C(=O)CC(C)C)CC1.NC=O. The molecule has 0 radical (unpaired) electrons. The van der Waals surface area contributed by atoms with Crippen LogP contribution in [0.4, 0.5) is 0 Å².